The first-order valence-corrected chi connectivity index (χ1v) is 5.72. The number of halogens is 3. The molecule has 0 saturated carbocycles. The second-order valence-corrected chi connectivity index (χ2v) is 4.10. The Morgan fingerprint density at radius 2 is 1.63 bits per heavy atom. The Hall–Kier alpha value is -2.01. The third-order valence-electron chi connectivity index (χ3n) is 2.67. The minimum absolute atomic E-state index is 0.398. The van der Waals surface area contributed by atoms with Gasteiger partial charge in [-0.05, 0) is 35.9 Å². The van der Waals surface area contributed by atoms with Gasteiger partial charge in [0.25, 0.3) is 0 Å². The van der Waals surface area contributed by atoms with Gasteiger partial charge in [0.1, 0.15) is 0 Å². The molecule has 0 bridgehead atoms. The van der Waals surface area contributed by atoms with E-state index in [0.29, 0.717) is 12.2 Å². The Kier molecular flexibility index (Phi) is 3.76. The number of anilines is 2. The summed E-state index contributed by atoms with van der Waals surface area (Å²) in [4.78, 5) is 0. The van der Waals surface area contributed by atoms with Crippen LogP contribution in [0, 0.1) is 0 Å². The summed E-state index contributed by atoms with van der Waals surface area (Å²) in [7, 11) is 0. The molecule has 0 unspecified atom stereocenters. The van der Waals surface area contributed by atoms with Crippen molar-refractivity contribution in [3.05, 3.63) is 59.7 Å². The lowest BCUT2D eigenvalue weighted by molar-refractivity contribution is -0.137. The van der Waals surface area contributed by atoms with Crippen LogP contribution >= 0.6 is 0 Å². The van der Waals surface area contributed by atoms with Crippen molar-refractivity contribution in [2.24, 2.45) is 5.73 Å². The zero-order valence-electron chi connectivity index (χ0n) is 10.0. The van der Waals surface area contributed by atoms with Gasteiger partial charge < -0.3 is 11.1 Å². The van der Waals surface area contributed by atoms with Crippen molar-refractivity contribution in [3.8, 4) is 0 Å². The maximum Gasteiger partial charge on any atom is 0.416 e. The normalized spacial score (nSPS) is 11.4. The molecule has 0 heterocycles. The molecule has 0 fully saturated rings. The molecule has 2 aromatic rings. The highest BCUT2D eigenvalue weighted by Gasteiger charge is 2.30. The monoisotopic (exact) mass is 266 g/mol. The molecular formula is C14H13F3N2. The Morgan fingerprint density at radius 1 is 0.947 bits per heavy atom. The van der Waals surface area contributed by atoms with E-state index < -0.39 is 11.7 Å². The van der Waals surface area contributed by atoms with Crippen molar-refractivity contribution in [3.63, 3.8) is 0 Å². The molecule has 0 aromatic heterocycles. The number of rotatable bonds is 3. The van der Waals surface area contributed by atoms with Crippen LogP contribution in [0.5, 0.6) is 0 Å². The van der Waals surface area contributed by atoms with Gasteiger partial charge in [-0.15, -0.1) is 0 Å². The van der Waals surface area contributed by atoms with E-state index in [1.54, 1.807) is 18.2 Å². The van der Waals surface area contributed by atoms with Crippen molar-refractivity contribution in [2.45, 2.75) is 12.7 Å². The molecule has 2 aromatic carbocycles. The lowest BCUT2D eigenvalue weighted by atomic mass is 10.1. The molecule has 0 radical (unpaired) electrons. The van der Waals surface area contributed by atoms with Gasteiger partial charge in [0.15, 0.2) is 0 Å². The Labute approximate surface area is 109 Å². The number of alkyl halides is 3. The minimum Gasteiger partial charge on any atom is -0.356 e. The summed E-state index contributed by atoms with van der Waals surface area (Å²) in [5.74, 6) is 0. The summed E-state index contributed by atoms with van der Waals surface area (Å²) in [6.07, 6.45) is -4.33. The summed E-state index contributed by atoms with van der Waals surface area (Å²) in [6, 6.07) is 12.3. The molecule has 2 nitrogen and oxygen atoms in total. The second kappa shape index (κ2) is 5.32. The molecule has 5 heteroatoms. The van der Waals surface area contributed by atoms with Gasteiger partial charge in [0.2, 0.25) is 0 Å². The SMILES string of the molecule is NCc1ccc(Nc2cccc(C(F)(F)F)c2)cc1. The molecular weight excluding hydrogens is 253 g/mol. The zero-order chi connectivity index (χ0) is 13.9. The van der Waals surface area contributed by atoms with Gasteiger partial charge >= 0.3 is 6.18 Å². The van der Waals surface area contributed by atoms with Gasteiger partial charge in [-0.25, -0.2) is 0 Å². The highest BCUT2D eigenvalue weighted by atomic mass is 19.4. The second-order valence-electron chi connectivity index (χ2n) is 4.10. The van der Waals surface area contributed by atoms with Gasteiger partial charge in [0, 0.05) is 17.9 Å². The van der Waals surface area contributed by atoms with E-state index in [9.17, 15) is 13.2 Å². The van der Waals surface area contributed by atoms with Crippen LogP contribution in [0.3, 0.4) is 0 Å². The Morgan fingerprint density at radius 3 is 2.21 bits per heavy atom. The summed E-state index contributed by atoms with van der Waals surface area (Å²) in [6.45, 7) is 0.434. The lowest BCUT2D eigenvalue weighted by Crippen LogP contribution is -2.05. The van der Waals surface area contributed by atoms with E-state index in [1.165, 1.54) is 6.07 Å². The van der Waals surface area contributed by atoms with Crippen molar-refractivity contribution >= 4 is 11.4 Å². The van der Waals surface area contributed by atoms with Crippen LogP contribution in [0.2, 0.25) is 0 Å². The third kappa shape index (κ3) is 3.48. The lowest BCUT2D eigenvalue weighted by Gasteiger charge is -2.11. The topological polar surface area (TPSA) is 38.0 Å². The third-order valence-corrected chi connectivity index (χ3v) is 2.67. The highest BCUT2D eigenvalue weighted by molar-refractivity contribution is 5.60. The Balaban J connectivity index is 2.18. The summed E-state index contributed by atoms with van der Waals surface area (Å²) in [5.41, 5.74) is 6.89. The van der Waals surface area contributed by atoms with E-state index in [1.807, 2.05) is 12.1 Å². The van der Waals surface area contributed by atoms with Crippen molar-refractivity contribution in [1.82, 2.24) is 0 Å². The first-order chi connectivity index (χ1) is 8.99. The minimum atomic E-state index is -4.33. The maximum atomic E-state index is 12.6. The van der Waals surface area contributed by atoms with E-state index in [-0.39, 0.29) is 0 Å². The van der Waals surface area contributed by atoms with Gasteiger partial charge in [-0.2, -0.15) is 13.2 Å². The molecule has 0 spiro atoms. The molecule has 0 saturated heterocycles. The van der Waals surface area contributed by atoms with Gasteiger partial charge in [-0.3, -0.25) is 0 Å². The van der Waals surface area contributed by atoms with Crippen LogP contribution in [0.15, 0.2) is 48.5 Å². The van der Waals surface area contributed by atoms with E-state index in [0.717, 1.165) is 23.4 Å². The van der Waals surface area contributed by atoms with Crippen LogP contribution < -0.4 is 11.1 Å². The zero-order valence-corrected chi connectivity index (χ0v) is 10.0. The predicted molar refractivity (Wildman–Crippen MR) is 69.1 cm³/mol. The van der Waals surface area contributed by atoms with Gasteiger partial charge in [0.05, 0.1) is 5.56 Å². The van der Waals surface area contributed by atoms with Crippen molar-refractivity contribution in [1.29, 1.82) is 0 Å². The molecule has 0 aliphatic heterocycles. The van der Waals surface area contributed by atoms with Crippen LogP contribution in [-0.2, 0) is 12.7 Å². The quantitative estimate of drug-likeness (QED) is 0.884. The van der Waals surface area contributed by atoms with Crippen molar-refractivity contribution in [2.75, 3.05) is 5.32 Å². The number of hydrogen-bond donors (Lipinski definition) is 2. The number of nitrogens with two attached hydrogens (primary N) is 1. The molecule has 0 aliphatic rings. The Bertz CT molecular complexity index is 547. The first kappa shape index (κ1) is 13.4. The van der Waals surface area contributed by atoms with Crippen LogP contribution in [-0.4, -0.2) is 0 Å². The predicted octanol–water partition coefficient (Wildman–Crippen LogP) is 3.91. The average molecular weight is 266 g/mol. The van der Waals surface area contributed by atoms with E-state index in [4.69, 9.17) is 5.73 Å². The fourth-order valence-corrected chi connectivity index (χ4v) is 1.66. The fraction of sp³-hybridized carbons (Fsp3) is 0.143. The summed E-state index contributed by atoms with van der Waals surface area (Å²) >= 11 is 0. The molecule has 2 rings (SSSR count). The highest BCUT2D eigenvalue weighted by Crippen LogP contribution is 2.31. The number of hydrogen-bond acceptors (Lipinski definition) is 2. The largest absolute Gasteiger partial charge is 0.416 e. The van der Waals surface area contributed by atoms with Crippen molar-refractivity contribution < 1.29 is 13.2 Å². The molecule has 100 valence electrons. The molecule has 0 aliphatic carbocycles. The smallest absolute Gasteiger partial charge is 0.356 e. The summed E-state index contributed by atoms with van der Waals surface area (Å²) < 4.78 is 37.7. The summed E-state index contributed by atoms with van der Waals surface area (Å²) in [5, 5.41) is 2.93. The van der Waals surface area contributed by atoms with Crippen LogP contribution in [0.25, 0.3) is 0 Å². The van der Waals surface area contributed by atoms with Crippen LogP contribution in [0.4, 0.5) is 24.5 Å². The average Bonchev–Trinajstić information content (AvgIpc) is 2.39. The molecule has 0 atom stereocenters. The first-order valence-electron chi connectivity index (χ1n) is 5.72. The number of benzene rings is 2. The molecule has 0 amide bonds. The maximum absolute atomic E-state index is 12.6. The van der Waals surface area contributed by atoms with E-state index in [2.05, 4.69) is 5.32 Å². The van der Waals surface area contributed by atoms with Crippen LogP contribution in [0.1, 0.15) is 11.1 Å². The number of nitrogens with one attached hydrogen (secondary N) is 1. The van der Waals surface area contributed by atoms with Gasteiger partial charge in [-0.1, -0.05) is 18.2 Å². The van der Waals surface area contributed by atoms with E-state index >= 15 is 0 Å². The standard InChI is InChI=1S/C14H13F3N2/c15-14(16,17)11-2-1-3-13(8-11)19-12-6-4-10(9-18)5-7-12/h1-8,19H,9,18H2. The molecule has 19 heavy (non-hydrogen) atoms. The fourth-order valence-electron chi connectivity index (χ4n) is 1.66. The molecule has 3 N–H and O–H groups in total.